The molecule has 0 saturated carbocycles. The fourth-order valence-corrected chi connectivity index (χ4v) is 1.58. The van der Waals surface area contributed by atoms with Crippen LogP contribution in [0.25, 0.3) is 0 Å². The second kappa shape index (κ2) is 11.0. The Labute approximate surface area is 109 Å². The van der Waals surface area contributed by atoms with Crippen LogP contribution in [0.4, 0.5) is 0 Å². The van der Waals surface area contributed by atoms with Gasteiger partial charge in [0.15, 0.2) is 0 Å². The quantitative estimate of drug-likeness (QED) is 0.442. The van der Waals surface area contributed by atoms with Crippen molar-refractivity contribution in [2.75, 3.05) is 33.9 Å². The van der Waals surface area contributed by atoms with Crippen LogP contribution in [-0.4, -0.2) is 50.7 Å². The van der Waals surface area contributed by atoms with Gasteiger partial charge in [0.1, 0.15) is 0 Å². The molecule has 5 heteroatoms. The van der Waals surface area contributed by atoms with Crippen LogP contribution in [-0.2, 0) is 19.1 Å². The van der Waals surface area contributed by atoms with E-state index >= 15 is 0 Å². The maximum atomic E-state index is 11.9. The van der Waals surface area contributed by atoms with Gasteiger partial charge in [-0.1, -0.05) is 19.8 Å². The molecular formula is C13H25NO4. The van der Waals surface area contributed by atoms with Gasteiger partial charge in [-0.3, -0.25) is 9.59 Å². The molecule has 0 bridgehead atoms. The van der Waals surface area contributed by atoms with Gasteiger partial charge in [0, 0.05) is 26.6 Å². The zero-order valence-electron chi connectivity index (χ0n) is 11.7. The first-order chi connectivity index (χ1) is 8.65. The van der Waals surface area contributed by atoms with Gasteiger partial charge in [-0.15, -0.1) is 0 Å². The highest BCUT2D eigenvalue weighted by molar-refractivity contribution is 5.77. The Balaban J connectivity index is 4.10. The molecule has 0 aliphatic heterocycles. The van der Waals surface area contributed by atoms with Crippen molar-refractivity contribution in [2.45, 2.75) is 39.0 Å². The van der Waals surface area contributed by atoms with E-state index in [2.05, 4.69) is 11.7 Å². The molecule has 0 rings (SSSR count). The lowest BCUT2D eigenvalue weighted by Gasteiger charge is -2.21. The average Bonchev–Trinajstić information content (AvgIpc) is 2.38. The van der Waals surface area contributed by atoms with E-state index < -0.39 is 0 Å². The molecule has 0 aliphatic carbocycles. The smallest absolute Gasteiger partial charge is 0.307 e. The van der Waals surface area contributed by atoms with Crippen molar-refractivity contribution in [1.29, 1.82) is 0 Å². The molecule has 18 heavy (non-hydrogen) atoms. The molecule has 0 fully saturated rings. The number of ether oxygens (including phenoxy) is 2. The zero-order chi connectivity index (χ0) is 13.8. The summed E-state index contributed by atoms with van der Waals surface area (Å²) in [5.41, 5.74) is 0. The van der Waals surface area contributed by atoms with Crippen molar-refractivity contribution >= 4 is 11.9 Å². The Morgan fingerprint density at radius 2 is 1.78 bits per heavy atom. The van der Waals surface area contributed by atoms with E-state index in [9.17, 15) is 9.59 Å². The van der Waals surface area contributed by atoms with E-state index in [1.54, 1.807) is 12.0 Å². The first-order valence-corrected chi connectivity index (χ1v) is 6.49. The van der Waals surface area contributed by atoms with E-state index in [0.717, 1.165) is 19.3 Å². The van der Waals surface area contributed by atoms with Crippen molar-refractivity contribution in [3.05, 3.63) is 0 Å². The normalized spacial score (nSPS) is 10.2. The third kappa shape index (κ3) is 8.06. The van der Waals surface area contributed by atoms with Gasteiger partial charge >= 0.3 is 5.97 Å². The molecule has 106 valence electrons. The van der Waals surface area contributed by atoms with Crippen LogP contribution in [0.5, 0.6) is 0 Å². The summed E-state index contributed by atoms with van der Waals surface area (Å²) in [6, 6.07) is 0. The summed E-state index contributed by atoms with van der Waals surface area (Å²) in [5.74, 6) is -0.205. The van der Waals surface area contributed by atoms with E-state index in [1.807, 2.05) is 0 Å². The van der Waals surface area contributed by atoms with Crippen molar-refractivity contribution in [3.63, 3.8) is 0 Å². The lowest BCUT2D eigenvalue weighted by atomic mass is 10.2. The number of nitrogens with zero attached hydrogens (tertiary/aromatic N) is 1. The third-order valence-electron chi connectivity index (χ3n) is 2.73. The van der Waals surface area contributed by atoms with Gasteiger partial charge in [-0.05, 0) is 6.42 Å². The summed E-state index contributed by atoms with van der Waals surface area (Å²) in [7, 11) is 2.95. The minimum atomic E-state index is -0.293. The molecule has 0 aromatic rings. The minimum absolute atomic E-state index is 0.0874. The monoisotopic (exact) mass is 259 g/mol. The second-order valence-corrected chi connectivity index (χ2v) is 4.16. The first-order valence-electron chi connectivity index (χ1n) is 6.49. The lowest BCUT2D eigenvalue weighted by molar-refractivity contribution is -0.142. The summed E-state index contributed by atoms with van der Waals surface area (Å²) in [6.45, 7) is 3.52. The Kier molecular flexibility index (Phi) is 10.3. The van der Waals surface area contributed by atoms with Crippen LogP contribution < -0.4 is 0 Å². The summed E-state index contributed by atoms with van der Waals surface area (Å²) >= 11 is 0. The topological polar surface area (TPSA) is 55.8 Å². The highest BCUT2D eigenvalue weighted by Gasteiger charge is 2.14. The number of rotatable bonds is 10. The Hall–Kier alpha value is -1.10. The Morgan fingerprint density at radius 1 is 1.06 bits per heavy atom. The molecular weight excluding hydrogens is 234 g/mol. The molecule has 0 aromatic carbocycles. The molecule has 0 aromatic heterocycles. The number of esters is 1. The molecule has 0 aliphatic rings. The minimum Gasteiger partial charge on any atom is -0.469 e. The predicted molar refractivity (Wildman–Crippen MR) is 69.2 cm³/mol. The number of hydrogen-bond donors (Lipinski definition) is 0. The molecule has 5 nitrogen and oxygen atoms in total. The standard InChI is InChI=1S/C13H25NO4/c1-4-5-6-7-12(15)14(10-11-17-2)9-8-13(16)18-3/h4-11H2,1-3H3. The van der Waals surface area contributed by atoms with Gasteiger partial charge in [0.05, 0.1) is 20.1 Å². The fraction of sp³-hybridized carbons (Fsp3) is 0.846. The molecule has 0 heterocycles. The molecule has 0 saturated heterocycles. The molecule has 0 unspecified atom stereocenters. The highest BCUT2D eigenvalue weighted by Crippen LogP contribution is 2.04. The van der Waals surface area contributed by atoms with Gasteiger partial charge in [-0.2, -0.15) is 0 Å². The molecule has 0 radical (unpaired) electrons. The third-order valence-corrected chi connectivity index (χ3v) is 2.73. The van der Waals surface area contributed by atoms with Gasteiger partial charge in [0.2, 0.25) is 5.91 Å². The van der Waals surface area contributed by atoms with Crippen molar-refractivity contribution in [3.8, 4) is 0 Å². The SMILES string of the molecule is CCCCCC(=O)N(CCOC)CCC(=O)OC. The van der Waals surface area contributed by atoms with Crippen LogP contribution >= 0.6 is 0 Å². The number of methoxy groups -OCH3 is 2. The summed E-state index contributed by atoms with van der Waals surface area (Å²) in [6.07, 6.45) is 3.82. The Morgan fingerprint density at radius 3 is 2.33 bits per heavy atom. The summed E-state index contributed by atoms with van der Waals surface area (Å²) in [4.78, 5) is 24.7. The van der Waals surface area contributed by atoms with E-state index in [1.165, 1.54) is 7.11 Å². The maximum Gasteiger partial charge on any atom is 0.307 e. The van der Waals surface area contributed by atoms with Crippen LogP contribution in [0.1, 0.15) is 39.0 Å². The molecule has 0 atom stereocenters. The number of carbonyl (C=O) groups is 2. The number of carbonyl (C=O) groups excluding carboxylic acids is 2. The van der Waals surface area contributed by atoms with Crippen molar-refractivity contribution in [2.24, 2.45) is 0 Å². The molecule has 1 amide bonds. The highest BCUT2D eigenvalue weighted by atomic mass is 16.5. The number of hydrogen-bond acceptors (Lipinski definition) is 4. The maximum absolute atomic E-state index is 11.9. The largest absolute Gasteiger partial charge is 0.469 e. The van der Waals surface area contributed by atoms with Crippen LogP contribution in [0.2, 0.25) is 0 Å². The lowest BCUT2D eigenvalue weighted by Crippen LogP contribution is -2.35. The summed E-state index contributed by atoms with van der Waals surface area (Å²) < 4.78 is 9.55. The first kappa shape index (κ1) is 16.9. The summed E-state index contributed by atoms with van der Waals surface area (Å²) in [5, 5.41) is 0. The van der Waals surface area contributed by atoms with E-state index in [-0.39, 0.29) is 18.3 Å². The number of unbranched alkanes of at least 4 members (excludes halogenated alkanes) is 2. The van der Waals surface area contributed by atoms with Crippen molar-refractivity contribution < 1.29 is 19.1 Å². The van der Waals surface area contributed by atoms with Crippen LogP contribution in [0.3, 0.4) is 0 Å². The van der Waals surface area contributed by atoms with Crippen molar-refractivity contribution in [1.82, 2.24) is 4.90 Å². The van der Waals surface area contributed by atoms with Crippen LogP contribution in [0, 0.1) is 0 Å². The zero-order valence-corrected chi connectivity index (χ0v) is 11.7. The average molecular weight is 259 g/mol. The van der Waals surface area contributed by atoms with E-state index in [4.69, 9.17) is 4.74 Å². The Bertz CT molecular complexity index is 243. The van der Waals surface area contributed by atoms with Gasteiger partial charge in [-0.25, -0.2) is 0 Å². The van der Waals surface area contributed by atoms with E-state index in [0.29, 0.717) is 26.1 Å². The van der Waals surface area contributed by atoms with Gasteiger partial charge in [0.25, 0.3) is 0 Å². The second-order valence-electron chi connectivity index (χ2n) is 4.16. The predicted octanol–water partition coefficient (Wildman–Crippen LogP) is 1.60. The molecule has 0 spiro atoms. The molecule has 0 N–H and O–H groups in total. The van der Waals surface area contributed by atoms with Crippen LogP contribution in [0.15, 0.2) is 0 Å². The van der Waals surface area contributed by atoms with Gasteiger partial charge < -0.3 is 14.4 Å². The number of amides is 1. The fourth-order valence-electron chi connectivity index (χ4n) is 1.58.